The molecule has 1 aliphatic rings. The molecule has 0 bridgehead atoms. The lowest BCUT2D eigenvalue weighted by atomic mass is 10.1. The van der Waals surface area contributed by atoms with Gasteiger partial charge in [-0.2, -0.15) is 0 Å². The molecule has 0 spiro atoms. The Kier molecular flexibility index (Phi) is 6.11. The van der Waals surface area contributed by atoms with Crippen LogP contribution in [-0.2, 0) is 6.42 Å². The summed E-state index contributed by atoms with van der Waals surface area (Å²) in [6, 6.07) is 7.78. The molecule has 0 fully saturated rings. The Balaban J connectivity index is 1.44. The van der Waals surface area contributed by atoms with Gasteiger partial charge in [0.05, 0.1) is 23.2 Å². The summed E-state index contributed by atoms with van der Waals surface area (Å²) in [7, 11) is 3.89. The normalized spacial score (nSPS) is 14.0. The van der Waals surface area contributed by atoms with Crippen LogP contribution in [0.5, 0.6) is 0 Å². The number of hydrogen-bond donors (Lipinski definition) is 3. The van der Waals surface area contributed by atoms with E-state index < -0.39 is 0 Å². The molecule has 0 atom stereocenters. The van der Waals surface area contributed by atoms with Crippen LogP contribution in [0.15, 0.2) is 58.6 Å². The van der Waals surface area contributed by atoms with Gasteiger partial charge in [-0.25, -0.2) is 9.97 Å². The number of aromatic nitrogens is 3. The number of aryl methyl sites for hydroxylation is 1. The lowest BCUT2D eigenvalue weighted by Crippen LogP contribution is -2.31. The summed E-state index contributed by atoms with van der Waals surface area (Å²) in [6.07, 6.45) is 7.85. The van der Waals surface area contributed by atoms with Crippen molar-refractivity contribution >= 4 is 34.0 Å². The minimum Gasteiger partial charge on any atom is -0.449 e. The molecule has 4 aromatic rings. The van der Waals surface area contributed by atoms with Crippen LogP contribution in [0.2, 0.25) is 0 Å². The van der Waals surface area contributed by atoms with Gasteiger partial charge < -0.3 is 25.2 Å². The molecule has 0 saturated carbocycles. The first kappa shape index (κ1) is 22.5. The molecule has 0 saturated heterocycles. The zero-order valence-corrected chi connectivity index (χ0v) is 19.4. The van der Waals surface area contributed by atoms with Crippen LogP contribution in [0.25, 0.3) is 22.6 Å². The smallest absolute Gasteiger partial charge is 0.254 e. The van der Waals surface area contributed by atoms with Crippen molar-refractivity contribution in [2.24, 2.45) is 5.16 Å². The number of amides is 1. The standard InChI is InChI=1S/C25H25N7O3/c1-32(2)10-9-27-25(33)16-12-28-24(29-13-16)23-22(19-7-8-26-14-21(19)35-23)30-17-4-5-18-15(11-17)3-6-20(18)31-34/h4-5,7-8,11-14,30,34H,3,6,9-10H2,1-2H3,(H,27,33). The summed E-state index contributed by atoms with van der Waals surface area (Å²) in [5, 5.41) is 19.7. The van der Waals surface area contributed by atoms with Gasteiger partial charge in [0.2, 0.25) is 0 Å². The minimum absolute atomic E-state index is 0.227. The third-order valence-electron chi connectivity index (χ3n) is 5.89. The predicted molar refractivity (Wildman–Crippen MR) is 132 cm³/mol. The van der Waals surface area contributed by atoms with Crippen molar-refractivity contribution in [2.45, 2.75) is 12.8 Å². The topological polar surface area (TPSA) is 129 Å². The van der Waals surface area contributed by atoms with Gasteiger partial charge in [0.25, 0.3) is 5.91 Å². The zero-order valence-electron chi connectivity index (χ0n) is 19.4. The largest absolute Gasteiger partial charge is 0.449 e. The number of furan rings is 1. The molecule has 0 radical (unpaired) electrons. The Bertz CT molecular complexity index is 1410. The van der Waals surface area contributed by atoms with Crippen molar-refractivity contribution in [3.05, 3.63) is 65.7 Å². The number of fused-ring (bicyclic) bond motifs is 2. The quantitative estimate of drug-likeness (QED) is 0.276. The monoisotopic (exact) mass is 471 g/mol. The van der Waals surface area contributed by atoms with E-state index in [4.69, 9.17) is 4.42 Å². The Morgan fingerprint density at radius 2 is 2.00 bits per heavy atom. The fourth-order valence-electron chi connectivity index (χ4n) is 4.09. The number of likely N-dealkylation sites (N-methyl/N-ethyl adjacent to an activating group) is 1. The van der Waals surface area contributed by atoms with Crippen molar-refractivity contribution in [1.29, 1.82) is 0 Å². The van der Waals surface area contributed by atoms with Crippen LogP contribution in [0.1, 0.15) is 27.9 Å². The van der Waals surface area contributed by atoms with Crippen LogP contribution < -0.4 is 10.6 Å². The van der Waals surface area contributed by atoms with E-state index in [1.807, 2.05) is 43.3 Å². The molecule has 10 nitrogen and oxygen atoms in total. The average molecular weight is 472 g/mol. The Morgan fingerprint density at radius 1 is 1.17 bits per heavy atom. The van der Waals surface area contributed by atoms with Gasteiger partial charge in [0.1, 0.15) is 0 Å². The SMILES string of the molecule is CN(C)CCNC(=O)c1cnc(-c2oc3cnccc3c2Nc2ccc3c(c2)CCC3=NO)nc1. The molecule has 0 aliphatic heterocycles. The van der Waals surface area contributed by atoms with Crippen molar-refractivity contribution < 1.29 is 14.4 Å². The highest BCUT2D eigenvalue weighted by Gasteiger charge is 2.22. The number of anilines is 2. The number of benzene rings is 1. The molecule has 1 aromatic carbocycles. The molecule has 1 aliphatic carbocycles. The molecular formula is C25H25N7O3. The number of nitrogens with zero attached hydrogens (tertiary/aromatic N) is 5. The summed E-state index contributed by atoms with van der Waals surface area (Å²) in [4.78, 5) is 27.3. The van der Waals surface area contributed by atoms with E-state index in [0.717, 1.165) is 35.2 Å². The number of nitrogens with one attached hydrogen (secondary N) is 2. The lowest BCUT2D eigenvalue weighted by Gasteiger charge is -2.10. The summed E-state index contributed by atoms with van der Waals surface area (Å²) in [6.45, 7) is 1.27. The van der Waals surface area contributed by atoms with Crippen LogP contribution in [0.4, 0.5) is 11.4 Å². The maximum atomic E-state index is 12.4. The molecule has 3 aromatic heterocycles. The highest BCUT2D eigenvalue weighted by molar-refractivity contribution is 6.05. The van der Waals surface area contributed by atoms with Crippen molar-refractivity contribution in [3.8, 4) is 11.6 Å². The van der Waals surface area contributed by atoms with Gasteiger partial charge >= 0.3 is 0 Å². The molecule has 3 N–H and O–H groups in total. The van der Waals surface area contributed by atoms with Gasteiger partial charge in [0, 0.05) is 48.3 Å². The highest BCUT2D eigenvalue weighted by atomic mass is 16.4. The summed E-state index contributed by atoms with van der Waals surface area (Å²) >= 11 is 0. The van der Waals surface area contributed by atoms with Gasteiger partial charge in [-0.15, -0.1) is 0 Å². The van der Waals surface area contributed by atoms with E-state index in [1.165, 1.54) is 12.4 Å². The summed E-state index contributed by atoms with van der Waals surface area (Å²) in [5.41, 5.74) is 5.31. The Labute approximate surface area is 201 Å². The van der Waals surface area contributed by atoms with Crippen molar-refractivity contribution in [2.75, 3.05) is 32.5 Å². The summed E-state index contributed by atoms with van der Waals surface area (Å²) < 4.78 is 6.07. The molecule has 10 heteroatoms. The van der Waals surface area contributed by atoms with Crippen molar-refractivity contribution in [1.82, 2.24) is 25.2 Å². The third-order valence-corrected chi connectivity index (χ3v) is 5.89. The number of hydrogen-bond acceptors (Lipinski definition) is 9. The van der Waals surface area contributed by atoms with Crippen LogP contribution in [0.3, 0.4) is 0 Å². The minimum atomic E-state index is -0.227. The third kappa shape index (κ3) is 4.56. The van der Waals surface area contributed by atoms with Gasteiger partial charge in [-0.05, 0) is 50.7 Å². The van der Waals surface area contributed by atoms with Crippen molar-refractivity contribution in [3.63, 3.8) is 0 Å². The first-order valence-corrected chi connectivity index (χ1v) is 11.3. The molecule has 178 valence electrons. The van der Waals surface area contributed by atoms with Crippen LogP contribution in [-0.4, -0.2) is 63.9 Å². The molecule has 1 amide bonds. The number of carbonyl (C=O) groups excluding carboxylic acids is 1. The maximum Gasteiger partial charge on any atom is 0.254 e. The second-order valence-corrected chi connectivity index (χ2v) is 8.58. The number of carbonyl (C=O) groups is 1. The zero-order chi connectivity index (χ0) is 24.4. The second-order valence-electron chi connectivity index (χ2n) is 8.58. The fraction of sp³-hybridized carbons (Fsp3) is 0.240. The Morgan fingerprint density at radius 3 is 2.77 bits per heavy atom. The first-order valence-electron chi connectivity index (χ1n) is 11.3. The van der Waals surface area contributed by atoms with Gasteiger partial charge in [-0.3, -0.25) is 9.78 Å². The molecule has 3 heterocycles. The molecule has 5 rings (SSSR count). The highest BCUT2D eigenvalue weighted by Crippen LogP contribution is 2.38. The molecular weight excluding hydrogens is 446 g/mol. The first-order chi connectivity index (χ1) is 17.0. The van der Waals surface area contributed by atoms with Crippen LogP contribution >= 0.6 is 0 Å². The van der Waals surface area contributed by atoms with E-state index in [1.54, 1.807) is 12.4 Å². The second kappa shape index (κ2) is 9.51. The van der Waals surface area contributed by atoms with E-state index in [0.29, 0.717) is 47.1 Å². The fourth-order valence-corrected chi connectivity index (χ4v) is 4.09. The maximum absolute atomic E-state index is 12.4. The van der Waals surface area contributed by atoms with E-state index in [2.05, 4.69) is 30.7 Å². The number of pyridine rings is 1. The van der Waals surface area contributed by atoms with E-state index in [-0.39, 0.29) is 5.91 Å². The summed E-state index contributed by atoms with van der Waals surface area (Å²) in [5.74, 6) is 0.574. The molecule has 35 heavy (non-hydrogen) atoms. The van der Waals surface area contributed by atoms with E-state index >= 15 is 0 Å². The van der Waals surface area contributed by atoms with Gasteiger partial charge in [0.15, 0.2) is 17.2 Å². The Hall–Kier alpha value is -4.31. The van der Waals surface area contributed by atoms with E-state index in [9.17, 15) is 10.0 Å². The lowest BCUT2D eigenvalue weighted by molar-refractivity contribution is 0.0950. The number of oxime groups is 1. The molecule has 0 unspecified atom stereocenters. The predicted octanol–water partition coefficient (Wildman–Crippen LogP) is 3.44. The average Bonchev–Trinajstić information content (AvgIpc) is 3.45. The van der Waals surface area contributed by atoms with Gasteiger partial charge in [-0.1, -0.05) is 11.2 Å². The number of rotatable bonds is 7. The van der Waals surface area contributed by atoms with Crippen LogP contribution in [0, 0.1) is 0 Å².